The number of Topliss-reactive ketones (excluding diaryl/α,β-unsaturated/α-hetero) is 1. The van der Waals surface area contributed by atoms with Crippen LogP contribution in [-0.4, -0.2) is 16.9 Å². The van der Waals surface area contributed by atoms with Crippen LogP contribution in [0.3, 0.4) is 0 Å². The van der Waals surface area contributed by atoms with E-state index in [1.54, 1.807) is 0 Å². The lowest BCUT2D eigenvalue weighted by molar-refractivity contribution is -0.138. The van der Waals surface area contributed by atoms with Gasteiger partial charge in [0.05, 0.1) is 11.6 Å². The number of rotatable bonds is 2. The van der Waals surface area contributed by atoms with Crippen LogP contribution in [0.5, 0.6) is 5.75 Å². The molecule has 0 fully saturated rings. The minimum absolute atomic E-state index is 0.510. The van der Waals surface area contributed by atoms with E-state index in [2.05, 4.69) is 0 Å². The first-order chi connectivity index (χ1) is 7.23. The number of aromatic hydroxyl groups is 1. The summed E-state index contributed by atoms with van der Waals surface area (Å²) in [6.45, 7) is 1.30. The second-order valence-corrected chi connectivity index (χ2v) is 3.38. The van der Waals surface area contributed by atoms with Crippen LogP contribution >= 0.6 is 0 Å². The quantitative estimate of drug-likeness (QED) is 0.767. The molecule has 0 radical (unpaired) electrons. The van der Waals surface area contributed by atoms with Crippen LogP contribution in [-0.2, 0) is 6.18 Å². The molecule has 1 aromatic carbocycles. The lowest BCUT2D eigenvalue weighted by Crippen LogP contribution is -2.28. The van der Waals surface area contributed by atoms with Gasteiger partial charge in [0.25, 0.3) is 0 Å². The van der Waals surface area contributed by atoms with Gasteiger partial charge in [0.15, 0.2) is 5.78 Å². The molecule has 0 heterocycles. The number of nitrogens with two attached hydrogens (primary N) is 1. The van der Waals surface area contributed by atoms with E-state index >= 15 is 0 Å². The maximum absolute atomic E-state index is 12.5. The lowest BCUT2D eigenvalue weighted by Gasteiger charge is -2.13. The number of ketones is 1. The fourth-order valence-corrected chi connectivity index (χ4v) is 1.23. The molecule has 0 saturated carbocycles. The highest BCUT2D eigenvalue weighted by Crippen LogP contribution is 2.34. The zero-order valence-electron chi connectivity index (χ0n) is 8.38. The number of alkyl halides is 3. The van der Waals surface area contributed by atoms with Gasteiger partial charge in [-0.05, 0) is 25.1 Å². The number of phenols is 1. The second-order valence-electron chi connectivity index (χ2n) is 3.38. The van der Waals surface area contributed by atoms with Gasteiger partial charge in [-0.3, -0.25) is 4.79 Å². The van der Waals surface area contributed by atoms with Crippen molar-refractivity contribution >= 4 is 5.78 Å². The van der Waals surface area contributed by atoms with Gasteiger partial charge in [-0.1, -0.05) is 0 Å². The molecule has 88 valence electrons. The van der Waals surface area contributed by atoms with Crippen molar-refractivity contribution in [1.29, 1.82) is 0 Å². The number of carbonyl (C=O) groups excluding carboxylic acids is 1. The van der Waals surface area contributed by atoms with Gasteiger partial charge in [-0.25, -0.2) is 0 Å². The molecule has 1 unspecified atom stereocenters. The summed E-state index contributed by atoms with van der Waals surface area (Å²) >= 11 is 0. The highest BCUT2D eigenvalue weighted by atomic mass is 19.4. The highest BCUT2D eigenvalue weighted by molar-refractivity contribution is 6.01. The molecule has 0 aliphatic rings. The summed E-state index contributed by atoms with van der Waals surface area (Å²) in [5.74, 6) is -1.36. The van der Waals surface area contributed by atoms with Crippen molar-refractivity contribution in [3.63, 3.8) is 0 Å². The van der Waals surface area contributed by atoms with Crippen molar-refractivity contribution in [2.45, 2.75) is 19.1 Å². The molecule has 6 heteroatoms. The lowest BCUT2D eigenvalue weighted by atomic mass is 9.99. The average Bonchev–Trinajstić information content (AvgIpc) is 2.15. The molecule has 1 atom stereocenters. The van der Waals surface area contributed by atoms with E-state index in [9.17, 15) is 18.0 Å². The van der Waals surface area contributed by atoms with Crippen LogP contribution in [0.15, 0.2) is 18.2 Å². The minimum atomic E-state index is -4.70. The van der Waals surface area contributed by atoms with Gasteiger partial charge in [0.2, 0.25) is 0 Å². The summed E-state index contributed by atoms with van der Waals surface area (Å²) in [4.78, 5) is 11.4. The Labute approximate surface area is 89.7 Å². The summed E-state index contributed by atoms with van der Waals surface area (Å²) in [5, 5.41) is 8.98. The third-order valence-electron chi connectivity index (χ3n) is 1.99. The molecule has 16 heavy (non-hydrogen) atoms. The number of carbonyl (C=O) groups is 1. The minimum Gasteiger partial charge on any atom is -0.508 e. The van der Waals surface area contributed by atoms with Gasteiger partial charge in [-0.15, -0.1) is 0 Å². The maximum atomic E-state index is 12.5. The van der Waals surface area contributed by atoms with Gasteiger partial charge in [-0.2, -0.15) is 13.2 Å². The Morgan fingerprint density at radius 2 is 2.00 bits per heavy atom. The molecule has 0 aliphatic heterocycles. The number of halogens is 3. The Kier molecular flexibility index (Phi) is 3.23. The predicted molar refractivity (Wildman–Crippen MR) is 51.1 cm³/mol. The Balaban J connectivity index is 3.34. The number of hydrogen-bond acceptors (Lipinski definition) is 3. The topological polar surface area (TPSA) is 63.3 Å². The number of hydrogen-bond donors (Lipinski definition) is 2. The van der Waals surface area contributed by atoms with Crippen LogP contribution in [0.1, 0.15) is 22.8 Å². The molecule has 0 aliphatic carbocycles. The molecule has 0 aromatic heterocycles. The number of benzene rings is 1. The Hall–Kier alpha value is -1.56. The van der Waals surface area contributed by atoms with Gasteiger partial charge in [0.1, 0.15) is 5.75 Å². The average molecular weight is 233 g/mol. The van der Waals surface area contributed by atoms with Crippen LogP contribution in [0.2, 0.25) is 0 Å². The van der Waals surface area contributed by atoms with E-state index < -0.39 is 34.9 Å². The summed E-state index contributed by atoms with van der Waals surface area (Å²) in [6, 6.07) is 1.43. The second kappa shape index (κ2) is 4.13. The molecule has 0 amide bonds. The standard InChI is InChI=1S/C10H10F3NO2/c1-5(14)9(16)7-3-2-6(15)4-8(7)10(11,12)13/h2-5,15H,14H2,1H3. The maximum Gasteiger partial charge on any atom is 0.417 e. The van der Waals surface area contributed by atoms with E-state index in [1.165, 1.54) is 6.92 Å². The molecule has 1 rings (SSSR count). The molecule has 1 aromatic rings. The first-order valence-corrected chi connectivity index (χ1v) is 4.43. The smallest absolute Gasteiger partial charge is 0.417 e. The van der Waals surface area contributed by atoms with Crippen molar-refractivity contribution in [2.75, 3.05) is 0 Å². The summed E-state index contributed by atoms with van der Waals surface area (Å²) in [7, 11) is 0. The summed E-state index contributed by atoms with van der Waals surface area (Å²) < 4.78 is 37.6. The van der Waals surface area contributed by atoms with Crippen molar-refractivity contribution in [2.24, 2.45) is 5.73 Å². The third kappa shape index (κ3) is 2.52. The zero-order chi connectivity index (χ0) is 12.5. The molecule has 3 nitrogen and oxygen atoms in total. The number of phenolic OH excluding ortho intramolecular Hbond substituents is 1. The van der Waals surface area contributed by atoms with E-state index in [4.69, 9.17) is 10.8 Å². The van der Waals surface area contributed by atoms with Gasteiger partial charge >= 0.3 is 6.18 Å². The first-order valence-electron chi connectivity index (χ1n) is 4.43. The fourth-order valence-electron chi connectivity index (χ4n) is 1.23. The monoisotopic (exact) mass is 233 g/mol. The molecule has 3 N–H and O–H groups in total. The fraction of sp³-hybridized carbons (Fsp3) is 0.300. The Morgan fingerprint density at radius 1 is 1.44 bits per heavy atom. The molecule has 0 bridgehead atoms. The van der Waals surface area contributed by atoms with E-state index in [0.717, 1.165) is 12.1 Å². The Morgan fingerprint density at radius 3 is 2.44 bits per heavy atom. The van der Waals surface area contributed by atoms with Crippen molar-refractivity contribution in [1.82, 2.24) is 0 Å². The van der Waals surface area contributed by atoms with Crippen LogP contribution in [0.4, 0.5) is 13.2 Å². The predicted octanol–water partition coefficient (Wildman–Crippen LogP) is 1.94. The molecular formula is C10H10F3NO2. The van der Waals surface area contributed by atoms with Gasteiger partial charge < -0.3 is 10.8 Å². The van der Waals surface area contributed by atoms with Gasteiger partial charge in [0, 0.05) is 5.56 Å². The van der Waals surface area contributed by atoms with Crippen LogP contribution in [0.25, 0.3) is 0 Å². The van der Waals surface area contributed by atoms with E-state index in [1.807, 2.05) is 0 Å². The van der Waals surface area contributed by atoms with Crippen molar-refractivity contribution in [3.05, 3.63) is 29.3 Å². The summed E-state index contributed by atoms with van der Waals surface area (Å²) in [5.41, 5.74) is 3.54. The van der Waals surface area contributed by atoms with E-state index in [-0.39, 0.29) is 0 Å². The normalized spacial score (nSPS) is 13.6. The Bertz CT molecular complexity index is 413. The van der Waals surface area contributed by atoms with Crippen molar-refractivity contribution < 1.29 is 23.1 Å². The molecule has 0 saturated heterocycles. The van der Waals surface area contributed by atoms with Crippen LogP contribution < -0.4 is 5.73 Å². The van der Waals surface area contributed by atoms with Crippen LogP contribution in [0, 0.1) is 0 Å². The van der Waals surface area contributed by atoms with Crippen molar-refractivity contribution in [3.8, 4) is 5.75 Å². The third-order valence-corrected chi connectivity index (χ3v) is 1.99. The zero-order valence-corrected chi connectivity index (χ0v) is 8.38. The largest absolute Gasteiger partial charge is 0.508 e. The van der Waals surface area contributed by atoms with E-state index in [0.29, 0.717) is 6.07 Å². The first kappa shape index (κ1) is 12.5. The molecular weight excluding hydrogens is 223 g/mol. The summed E-state index contributed by atoms with van der Waals surface area (Å²) in [6.07, 6.45) is -4.70. The highest BCUT2D eigenvalue weighted by Gasteiger charge is 2.35. The molecule has 0 spiro atoms. The SMILES string of the molecule is CC(N)C(=O)c1ccc(O)cc1C(F)(F)F.